The summed E-state index contributed by atoms with van der Waals surface area (Å²) in [6.07, 6.45) is 5.75. The lowest BCUT2D eigenvalue weighted by Crippen LogP contribution is -2.62. The van der Waals surface area contributed by atoms with Crippen LogP contribution in [0.25, 0.3) is 22.0 Å². The van der Waals surface area contributed by atoms with Gasteiger partial charge < -0.3 is 52.4 Å². The van der Waals surface area contributed by atoms with Gasteiger partial charge in [0.25, 0.3) is 0 Å². The number of carbonyl (C=O) groups is 9. The van der Waals surface area contributed by atoms with Crippen molar-refractivity contribution in [3.05, 3.63) is 96.2 Å². The minimum absolute atomic E-state index is 0.0202. The molecule has 4 heterocycles. The number of nitrogens with one attached hydrogen (secondary N) is 7. The Morgan fingerprint density at radius 2 is 1.35 bits per heavy atom. The van der Waals surface area contributed by atoms with E-state index in [-0.39, 0.29) is 58.2 Å². The Bertz CT molecular complexity index is 2660. The average molecular weight is 1020 g/mol. The number of para-hydroxylation sites is 1. The van der Waals surface area contributed by atoms with Crippen LogP contribution in [0.2, 0.25) is 0 Å². The second-order valence-corrected chi connectivity index (χ2v) is 19.7. The van der Waals surface area contributed by atoms with Crippen LogP contribution >= 0.6 is 0 Å². The Labute approximate surface area is 431 Å². The molecule has 3 fully saturated rings. The lowest BCUT2D eigenvalue weighted by atomic mass is 9.96. The van der Waals surface area contributed by atoms with Crippen LogP contribution in [-0.4, -0.2) is 130 Å². The zero-order chi connectivity index (χ0) is 52.7. The molecule has 0 aliphatic carbocycles. The summed E-state index contributed by atoms with van der Waals surface area (Å²) < 4.78 is 0. The van der Waals surface area contributed by atoms with Gasteiger partial charge in [-0.1, -0.05) is 92.6 Å². The predicted octanol–water partition coefficient (Wildman–Crippen LogP) is 2.80. The summed E-state index contributed by atoms with van der Waals surface area (Å²) in [5.74, 6) is -5.59. The van der Waals surface area contributed by atoms with E-state index in [1.165, 1.54) is 16.7 Å². The van der Waals surface area contributed by atoms with E-state index in [1.807, 2.05) is 85.8 Å². The Balaban J connectivity index is 1.23. The number of fused-ring (bicyclic) bond motifs is 3. The van der Waals surface area contributed by atoms with Crippen molar-refractivity contribution >= 4 is 64.1 Å². The molecule has 1 aromatic heterocycles. The number of H-pyrrole nitrogens is 1. The monoisotopic (exact) mass is 1010 g/mol. The molecule has 19 heteroatoms. The van der Waals surface area contributed by atoms with Crippen LogP contribution in [0.1, 0.15) is 102 Å². The molecule has 4 aromatic rings. The van der Waals surface area contributed by atoms with E-state index in [0.29, 0.717) is 44.1 Å². The van der Waals surface area contributed by atoms with Crippen molar-refractivity contribution in [2.75, 3.05) is 19.6 Å². The predicted molar refractivity (Wildman–Crippen MR) is 277 cm³/mol. The van der Waals surface area contributed by atoms with Gasteiger partial charge in [0.2, 0.25) is 53.2 Å². The number of rotatable bonds is 12. The molecular weight excluding hydrogens is 945 g/mol. The van der Waals surface area contributed by atoms with Gasteiger partial charge in [0.05, 0.1) is 6.42 Å². The van der Waals surface area contributed by atoms with Crippen molar-refractivity contribution in [3.63, 3.8) is 0 Å². The molecule has 74 heavy (non-hydrogen) atoms. The van der Waals surface area contributed by atoms with Crippen LogP contribution in [0.5, 0.6) is 0 Å². The molecule has 3 aliphatic heterocycles. The molecule has 0 saturated carbocycles. The lowest BCUT2D eigenvalue weighted by molar-refractivity contribution is -0.147. The van der Waals surface area contributed by atoms with Crippen molar-refractivity contribution in [1.29, 1.82) is 0 Å². The maximum atomic E-state index is 15.2. The quantitative estimate of drug-likeness (QED) is 0.104. The second kappa shape index (κ2) is 25.9. The summed E-state index contributed by atoms with van der Waals surface area (Å²) >= 11 is 0. The summed E-state index contributed by atoms with van der Waals surface area (Å²) in [4.78, 5) is 132. The van der Waals surface area contributed by atoms with Crippen LogP contribution in [0.4, 0.5) is 0 Å². The van der Waals surface area contributed by atoms with E-state index in [4.69, 9.17) is 5.73 Å². The van der Waals surface area contributed by atoms with Crippen molar-refractivity contribution in [2.24, 2.45) is 5.73 Å². The Hall–Kier alpha value is -7.57. The first-order valence-corrected chi connectivity index (χ1v) is 26.1. The molecule has 9 amide bonds. The SMILES string of the molecule is CCCC[C@H](NC(C)=O)C(=O)N[C@H]1CC(=O)NCCCC[C@@H](C(N)=O)NC(=O)[C@H](Cc2c[nH]c3ccccc23)NC(=O)[C@@H]2CCCCN2C(=O)[C@H](Cc2ccc(-c3ccccc3)cc2)NC(=O)[C@@H]2CCCN2C1=O. The number of hydrogen-bond acceptors (Lipinski definition) is 9. The highest BCUT2D eigenvalue weighted by Crippen LogP contribution is 2.26. The maximum absolute atomic E-state index is 15.2. The molecule has 9 N–H and O–H groups in total. The van der Waals surface area contributed by atoms with Gasteiger partial charge in [-0.25, -0.2) is 0 Å². The van der Waals surface area contributed by atoms with E-state index in [9.17, 15) is 38.4 Å². The van der Waals surface area contributed by atoms with Crippen molar-refractivity contribution in [2.45, 2.75) is 146 Å². The number of piperidine rings is 1. The summed E-state index contributed by atoms with van der Waals surface area (Å²) in [6, 6.07) is 16.7. The third-order valence-electron chi connectivity index (χ3n) is 14.2. The number of nitrogens with zero attached hydrogens (tertiary/aromatic N) is 2. The normalized spacial score (nSPS) is 23.3. The molecule has 7 atom stereocenters. The van der Waals surface area contributed by atoms with Crippen molar-refractivity contribution in [1.82, 2.24) is 46.7 Å². The molecular formula is C55H70N10O9. The fourth-order valence-electron chi connectivity index (χ4n) is 10.2. The fourth-order valence-corrected chi connectivity index (χ4v) is 10.2. The zero-order valence-electron chi connectivity index (χ0n) is 42.3. The van der Waals surface area contributed by atoms with E-state index in [0.717, 1.165) is 34.0 Å². The molecule has 394 valence electrons. The Morgan fingerprint density at radius 1 is 0.703 bits per heavy atom. The Kier molecular flexibility index (Phi) is 19.0. The van der Waals surface area contributed by atoms with Gasteiger partial charge in [-0.3, -0.25) is 43.2 Å². The van der Waals surface area contributed by atoms with E-state index < -0.39 is 102 Å². The highest BCUT2D eigenvalue weighted by molar-refractivity contribution is 5.99. The highest BCUT2D eigenvalue weighted by Gasteiger charge is 2.42. The first-order valence-electron chi connectivity index (χ1n) is 26.1. The lowest BCUT2D eigenvalue weighted by Gasteiger charge is -2.38. The third kappa shape index (κ3) is 14.1. The Morgan fingerprint density at radius 3 is 2.07 bits per heavy atom. The number of carbonyl (C=O) groups excluding carboxylic acids is 9. The molecule has 3 aliphatic rings. The number of unbranched alkanes of at least 4 members (excludes halogenated alkanes) is 1. The molecule has 0 bridgehead atoms. The summed E-state index contributed by atoms with van der Waals surface area (Å²) in [6.45, 7) is 3.62. The minimum atomic E-state index is -1.43. The molecule has 3 saturated heterocycles. The number of primary amides is 1. The fraction of sp³-hybridized carbons (Fsp3) is 0.473. The topological polar surface area (TPSA) is 274 Å². The van der Waals surface area contributed by atoms with Crippen molar-refractivity contribution in [3.8, 4) is 11.1 Å². The molecule has 0 radical (unpaired) electrons. The first kappa shape index (κ1) is 54.2. The van der Waals surface area contributed by atoms with Gasteiger partial charge in [0, 0.05) is 56.5 Å². The molecule has 0 unspecified atom stereocenters. The van der Waals surface area contributed by atoms with E-state index >= 15 is 4.79 Å². The van der Waals surface area contributed by atoms with Gasteiger partial charge in [0.15, 0.2) is 0 Å². The molecule has 3 aromatic carbocycles. The van der Waals surface area contributed by atoms with Gasteiger partial charge in [-0.15, -0.1) is 0 Å². The molecule has 7 rings (SSSR count). The van der Waals surface area contributed by atoms with Gasteiger partial charge >= 0.3 is 0 Å². The standard InChI is InChI=1S/C55H70N10O9/c1-3-4-18-42(59-34(2)66)50(69)62-45-32-48(67)57-27-12-10-20-41(49(56)68)60-51(70)43(31-38-33-58-40-19-9-8-17-39(38)40)61-52(71)46-21-11-13-28-64(46)54(73)44(63-53(72)47-22-14-29-65(47)55(45)74)30-35-23-25-37(26-24-35)36-15-6-5-7-16-36/h5-9,15-17,19,23-26,33,41-47,58H,3-4,10-14,18,20-22,27-32H2,1-2H3,(H2,56,68)(H,57,67)(H,59,66)(H,60,70)(H,61,71)(H,62,69)(H,63,72)/t41-,42-,43-,44-,45-,46-,47-/m0/s1. The van der Waals surface area contributed by atoms with Gasteiger partial charge in [-0.05, 0) is 86.1 Å². The number of aromatic nitrogens is 1. The minimum Gasteiger partial charge on any atom is -0.368 e. The summed E-state index contributed by atoms with van der Waals surface area (Å²) in [5.41, 5.74) is 10.0. The number of aromatic amines is 1. The van der Waals surface area contributed by atoms with Crippen molar-refractivity contribution < 1.29 is 43.2 Å². The highest BCUT2D eigenvalue weighted by atomic mass is 16.2. The molecule has 19 nitrogen and oxygen atoms in total. The van der Waals surface area contributed by atoms with Crippen LogP contribution in [-0.2, 0) is 56.0 Å². The summed E-state index contributed by atoms with van der Waals surface area (Å²) in [5, 5.41) is 17.6. The van der Waals surface area contributed by atoms with E-state index in [1.54, 1.807) is 6.20 Å². The number of benzene rings is 3. The smallest absolute Gasteiger partial charge is 0.246 e. The van der Waals surface area contributed by atoms with Crippen LogP contribution in [0, 0.1) is 0 Å². The maximum Gasteiger partial charge on any atom is 0.246 e. The number of amides is 9. The largest absolute Gasteiger partial charge is 0.368 e. The van der Waals surface area contributed by atoms with E-state index in [2.05, 4.69) is 36.9 Å². The molecule has 0 spiro atoms. The number of hydrogen-bond donors (Lipinski definition) is 8. The first-order chi connectivity index (χ1) is 35.7. The summed E-state index contributed by atoms with van der Waals surface area (Å²) in [7, 11) is 0. The van der Waals surface area contributed by atoms with Crippen LogP contribution in [0.3, 0.4) is 0 Å². The zero-order valence-corrected chi connectivity index (χ0v) is 42.3. The van der Waals surface area contributed by atoms with Crippen LogP contribution < -0.4 is 37.6 Å². The number of nitrogens with two attached hydrogens (primary N) is 1. The van der Waals surface area contributed by atoms with Gasteiger partial charge in [0.1, 0.15) is 42.3 Å². The van der Waals surface area contributed by atoms with Crippen LogP contribution in [0.15, 0.2) is 85.1 Å². The third-order valence-corrected chi connectivity index (χ3v) is 14.2. The second-order valence-electron chi connectivity index (χ2n) is 19.7. The van der Waals surface area contributed by atoms with Gasteiger partial charge in [-0.2, -0.15) is 0 Å². The average Bonchev–Trinajstić information content (AvgIpc) is 4.06.